The molecule has 2 saturated heterocycles. The molecule has 3 heterocycles. The van der Waals surface area contributed by atoms with Gasteiger partial charge in [0.05, 0.1) is 52.2 Å². The zero-order valence-electron chi connectivity index (χ0n) is 54.9. The van der Waals surface area contributed by atoms with E-state index in [4.69, 9.17) is 55.9 Å². The lowest BCUT2D eigenvalue weighted by Crippen LogP contribution is -2.67. The van der Waals surface area contributed by atoms with E-state index in [0.29, 0.717) is 30.4 Å². The van der Waals surface area contributed by atoms with Crippen LogP contribution < -0.4 is 5.32 Å². The predicted molar refractivity (Wildman–Crippen MR) is 347 cm³/mol. The number of nitrogens with one attached hydrogen (secondary N) is 1. The zero-order chi connectivity index (χ0) is 65.5. The third kappa shape index (κ3) is 25.3. The Hall–Kier alpha value is -5.03. The number of ether oxygens (including phenoxy) is 8. The van der Waals surface area contributed by atoms with Gasteiger partial charge in [-0.2, -0.15) is 0 Å². The lowest BCUT2D eigenvalue weighted by molar-refractivity contribution is -0.299. The molecular weight excluding hydrogens is 1200 g/mol. The molecule has 0 unspecified atom stereocenters. The van der Waals surface area contributed by atoms with Crippen molar-refractivity contribution in [1.29, 1.82) is 0 Å². The number of amides is 1. The summed E-state index contributed by atoms with van der Waals surface area (Å²) in [7, 11) is -7.38. The molecule has 1 amide bonds. The minimum absolute atomic E-state index is 0.000517. The summed E-state index contributed by atoms with van der Waals surface area (Å²) in [5, 5.41) is 19.0. The highest BCUT2D eigenvalue weighted by Crippen LogP contribution is 2.55. The van der Waals surface area contributed by atoms with E-state index >= 15 is 9.36 Å². The second kappa shape index (κ2) is 39.6. The fourth-order valence-electron chi connectivity index (χ4n) is 10.9. The Bertz CT molecular complexity index is 2690. The van der Waals surface area contributed by atoms with Crippen LogP contribution in [-0.4, -0.2) is 119 Å². The Kier molecular flexibility index (Phi) is 32.7. The molecule has 11 atom stereocenters. The molecule has 0 radical (unpaired) electrons. The van der Waals surface area contributed by atoms with E-state index in [1.165, 1.54) is 38.2 Å². The first-order valence-corrected chi connectivity index (χ1v) is 37.4. The highest BCUT2D eigenvalue weighted by Gasteiger charge is 2.55. The Morgan fingerprint density at radius 2 is 1.30 bits per heavy atom. The van der Waals surface area contributed by atoms with Gasteiger partial charge < -0.3 is 52.7 Å². The number of rotatable bonds is 40. The molecule has 6 rings (SSSR count). The van der Waals surface area contributed by atoms with Crippen molar-refractivity contribution < 1.29 is 79.9 Å². The number of esters is 1. The number of aliphatic hydroxyl groups excluding tert-OH is 1. The van der Waals surface area contributed by atoms with Gasteiger partial charge in [-0.3, -0.25) is 23.2 Å². The number of phosphoric ester groups is 1. The molecule has 2 fully saturated rings. The van der Waals surface area contributed by atoms with Crippen LogP contribution in [0.1, 0.15) is 179 Å². The fraction of sp³-hybridized carbons (Fsp3) is 0.662. The Morgan fingerprint density at radius 1 is 0.747 bits per heavy atom. The summed E-state index contributed by atoms with van der Waals surface area (Å²) >= 11 is 0. The van der Waals surface area contributed by atoms with Gasteiger partial charge in [0.2, 0.25) is 5.91 Å². The van der Waals surface area contributed by atoms with Gasteiger partial charge in [-0.05, 0) is 65.2 Å². The zero-order valence-corrected chi connectivity index (χ0v) is 56.8. The number of benzene rings is 3. The van der Waals surface area contributed by atoms with Crippen LogP contribution in [0.4, 0.5) is 4.79 Å². The maximum atomic E-state index is 15.1. The second-order valence-electron chi connectivity index (χ2n) is 25.4. The number of carbonyl (C=O) groups excluding carboxylic acids is 3. The number of hydrogen-bond donors (Lipinski definition) is 2. The van der Waals surface area contributed by atoms with Crippen molar-refractivity contribution in [2.75, 3.05) is 19.8 Å². The van der Waals surface area contributed by atoms with E-state index in [-0.39, 0.29) is 57.5 Å². The molecule has 0 aromatic heterocycles. The highest BCUT2D eigenvalue weighted by molar-refractivity contribution is 7.48. The first-order chi connectivity index (χ1) is 43.9. The molecule has 3 aliphatic rings. The minimum Gasteiger partial charge on any atom is -0.462 e. The average Bonchev–Trinajstić information content (AvgIpc) is 0.957. The number of phosphoric acid groups is 1. The second-order valence-corrected chi connectivity index (χ2v) is 31.8. The number of nitrogens with zero attached hydrogens (tertiary/aromatic N) is 3. The molecular formula is C68H103N4O17PSi. The summed E-state index contributed by atoms with van der Waals surface area (Å²) in [6.07, 6.45) is 4.70. The largest absolute Gasteiger partial charge is 0.509 e. The Morgan fingerprint density at radius 3 is 1.88 bits per heavy atom. The number of aliphatic hydroxyl groups is 1. The van der Waals surface area contributed by atoms with Crippen LogP contribution in [0.3, 0.4) is 0 Å². The number of azide groups is 1. The van der Waals surface area contributed by atoms with E-state index in [1.807, 2.05) is 119 Å². The van der Waals surface area contributed by atoms with E-state index in [9.17, 15) is 20.2 Å². The summed E-state index contributed by atoms with van der Waals surface area (Å²) < 4.78 is 91.5. The fourth-order valence-corrected chi connectivity index (χ4v) is 13.4. The molecule has 91 heavy (non-hydrogen) atoms. The third-order valence-corrected chi connectivity index (χ3v) is 22.9. The Labute approximate surface area is 540 Å². The quantitative estimate of drug-likeness (QED) is 0.00783. The van der Waals surface area contributed by atoms with Gasteiger partial charge >= 0.3 is 19.9 Å². The van der Waals surface area contributed by atoms with Gasteiger partial charge in [0.15, 0.2) is 27.0 Å². The van der Waals surface area contributed by atoms with Gasteiger partial charge in [0.1, 0.15) is 49.2 Å². The van der Waals surface area contributed by atoms with Crippen molar-refractivity contribution in [1.82, 2.24) is 5.32 Å². The van der Waals surface area contributed by atoms with Gasteiger partial charge in [-0.15, -0.1) is 0 Å². The molecule has 0 aliphatic carbocycles. The van der Waals surface area contributed by atoms with Gasteiger partial charge in [-0.1, -0.05) is 227 Å². The summed E-state index contributed by atoms with van der Waals surface area (Å²) in [6, 6.07) is 23.0. The predicted octanol–water partition coefficient (Wildman–Crippen LogP) is 15.1. The number of carbonyl (C=O) groups is 3. The smallest absolute Gasteiger partial charge is 0.462 e. The van der Waals surface area contributed by atoms with Crippen LogP contribution >= 0.6 is 7.82 Å². The van der Waals surface area contributed by atoms with Crippen LogP contribution in [0.25, 0.3) is 10.4 Å². The summed E-state index contributed by atoms with van der Waals surface area (Å²) in [5.74, 6) is -1.05. The molecule has 3 aliphatic heterocycles. The van der Waals surface area contributed by atoms with Gasteiger partial charge in [0, 0.05) is 11.3 Å². The van der Waals surface area contributed by atoms with Crippen molar-refractivity contribution in [2.24, 2.45) is 5.11 Å². The molecule has 506 valence electrons. The number of fused-ring (bicyclic) bond motifs is 1. The molecule has 21 nitrogen and oxygen atoms in total. The lowest BCUT2D eigenvalue weighted by Gasteiger charge is -2.48. The van der Waals surface area contributed by atoms with Crippen LogP contribution in [0.2, 0.25) is 18.1 Å². The average molecular weight is 1310 g/mol. The van der Waals surface area contributed by atoms with Crippen LogP contribution in [-0.2, 0) is 96.5 Å². The standard InChI is InChI=1S/C68H103N4O17PSi/c1-9-12-14-16-18-19-21-22-30-40-54(84-58(74)41-31-23-20-17-15-13-10-2)43-57(73)70-60-64(87-67(76)79-42-11-3)63(88-90(77)82-46-52-38-32-33-39-53(52)47-83-90)55(48-78-44-50-34-26-24-27-35-50)85-65(60)81-49-56-62(80-45-51-36-28-25-29-37-51)61(75)59(71-72-69)66(86-56)89-91(7,8)68(4,5)6/h11,24-29,32-39,54-56,59-66,75H,3,9-10,12-23,30-31,40-49H2,1-2,4-8H3,(H,70,73)/t54-,55-,56-,59-,60-,61-,62-,63-,64-,65-,66+/m1/s1. The van der Waals surface area contributed by atoms with Crippen molar-refractivity contribution >= 4 is 34.2 Å². The van der Waals surface area contributed by atoms with Crippen molar-refractivity contribution in [2.45, 2.75) is 269 Å². The van der Waals surface area contributed by atoms with E-state index < -0.39 is 108 Å². The van der Waals surface area contributed by atoms with Gasteiger partial charge in [0.25, 0.3) is 0 Å². The van der Waals surface area contributed by atoms with E-state index in [0.717, 1.165) is 68.9 Å². The molecule has 0 spiro atoms. The maximum absolute atomic E-state index is 15.1. The minimum atomic E-state index is -4.64. The van der Waals surface area contributed by atoms with E-state index in [2.05, 4.69) is 35.8 Å². The van der Waals surface area contributed by atoms with Crippen molar-refractivity contribution in [3.05, 3.63) is 130 Å². The summed E-state index contributed by atoms with van der Waals surface area (Å²) in [6.45, 7) is 16.9. The normalized spacial score (nSPS) is 23.6. The molecule has 0 saturated carbocycles. The highest BCUT2D eigenvalue weighted by atomic mass is 31.2. The van der Waals surface area contributed by atoms with Crippen LogP contribution in [0.5, 0.6) is 0 Å². The molecule has 3 aromatic carbocycles. The first kappa shape index (κ1) is 75.0. The SMILES string of the molecule is C=CCOC(=O)O[C@@H]1[C@@H](NC(=O)C[C@@H](CCCCCCCCCCC)OC(=O)CCCCCCCCC)[C@H](OC[C@H]2O[C@@H](O[Si](C)(C)C(C)(C)C)[C@H](N=[N+]=[N-])[C@@H](O)[C@@H]2OCc2ccccc2)O[C@H](COCc2ccccc2)[C@H]1OP1(=O)OCc2ccccc2CO1. The van der Waals surface area contributed by atoms with Crippen LogP contribution in [0, 0.1) is 0 Å². The molecule has 2 N–H and O–H groups in total. The Balaban J connectivity index is 1.39. The maximum Gasteiger partial charge on any atom is 0.509 e. The molecule has 23 heteroatoms. The third-order valence-electron chi connectivity index (χ3n) is 17.1. The number of unbranched alkanes of at least 4 members (excludes halogenated alkanes) is 14. The lowest BCUT2D eigenvalue weighted by atomic mass is 9.95. The van der Waals surface area contributed by atoms with Gasteiger partial charge in [-0.25, -0.2) is 9.36 Å². The topological polar surface area (TPSA) is 260 Å². The molecule has 3 aromatic rings. The van der Waals surface area contributed by atoms with Crippen molar-refractivity contribution in [3.8, 4) is 0 Å². The monoisotopic (exact) mass is 1310 g/mol. The number of hydrogen-bond acceptors (Lipinski definition) is 18. The summed E-state index contributed by atoms with van der Waals surface area (Å²) in [5.41, 5.74) is 12.9. The molecule has 0 bridgehead atoms. The first-order valence-electron chi connectivity index (χ1n) is 33.0. The van der Waals surface area contributed by atoms with Crippen molar-refractivity contribution in [3.63, 3.8) is 0 Å². The van der Waals surface area contributed by atoms with E-state index in [1.54, 1.807) is 0 Å². The summed E-state index contributed by atoms with van der Waals surface area (Å²) in [4.78, 5) is 46.0. The van der Waals surface area contributed by atoms with Crippen LogP contribution in [0.15, 0.2) is 103 Å².